The monoisotopic (exact) mass is 457 g/mol. The molecule has 8 nitrogen and oxygen atoms in total. The summed E-state index contributed by atoms with van der Waals surface area (Å²) in [5.74, 6) is -1.14. The number of hydrazone groups is 1. The molecule has 0 bridgehead atoms. The summed E-state index contributed by atoms with van der Waals surface area (Å²) in [7, 11) is -2.50. The van der Waals surface area contributed by atoms with Gasteiger partial charge in [0.05, 0.1) is 30.8 Å². The van der Waals surface area contributed by atoms with Gasteiger partial charge in [-0.15, -0.1) is 0 Å². The lowest BCUT2D eigenvalue weighted by atomic mass is 10.1. The summed E-state index contributed by atoms with van der Waals surface area (Å²) >= 11 is 11.8. The van der Waals surface area contributed by atoms with Crippen LogP contribution in [-0.4, -0.2) is 46.4 Å². The summed E-state index contributed by atoms with van der Waals surface area (Å²) in [4.78, 5) is 23.5. The number of methoxy groups -OCH3 is 1. The van der Waals surface area contributed by atoms with E-state index in [1.807, 2.05) is 0 Å². The van der Waals surface area contributed by atoms with Crippen LogP contribution in [0.4, 0.5) is 5.69 Å². The van der Waals surface area contributed by atoms with Crippen molar-refractivity contribution < 1.29 is 22.7 Å². The van der Waals surface area contributed by atoms with Crippen molar-refractivity contribution in [3.8, 4) is 0 Å². The van der Waals surface area contributed by atoms with Crippen molar-refractivity contribution >= 4 is 57.0 Å². The number of sulfonamides is 1. The highest BCUT2D eigenvalue weighted by atomic mass is 35.5. The summed E-state index contributed by atoms with van der Waals surface area (Å²) in [5, 5.41) is 4.25. The van der Waals surface area contributed by atoms with E-state index < -0.39 is 28.4 Å². The highest BCUT2D eigenvalue weighted by Crippen LogP contribution is 2.26. The average molecular weight is 458 g/mol. The number of benzene rings is 2. The first-order valence-electron chi connectivity index (χ1n) is 8.04. The van der Waals surface area contributed by atoms with Crippen molar-refractivity contribution in [2.24, 2.45) is 5.10 Å². The van der Waals surface area contributed by atoms with Crippen LogP contribution in [0.2, 0.25) is 10.0 Å². The lowest BCUT2D eigenvalue weighted by Crippen LogP contribution is -2.39. The predicted octanol–water partition coefficient (Wildman–Crippen LogP) is 2.70. The van der Waals surface area contributed by atoms with Crippen LogP contribution in [0.15, 0.2) is 47.6 Å². The lowest BCUT2D eigenvalue weighted by Gasteiger charge is -2.21. The third kappa shape index (κ3) is 6.74. The first-order chi connectivity index (χ1) is 13.6. The smallest absolute Gasteiger partial charge is 0.337 e. The number of rotatable bonds is 7. The van der Waals surface area contributed by atoms with Crippen LogP contribution in [0.5, 0.6) is 0 Å². The molecule has 1 N–H and O–H groups in total. The van der Waals surface area contributed by atoms with Gasteiger partial charge in [-0.3, -0.25) is 9.10 Å². The third-order valence-electron chi connectivity index (χ3n) is 3.56. The standard InChI is InChI=1S/C18H17Cl2N3O5S/c1-28-18(25)13-5-3-12(4-6-13)10-21-22-17(24)11-23(29(2,26)27)16-8-14(19)7-15(20)9-16/h3-10H,11H2,1-2H3,(H,22,24)/b21-10-. The molecule has 2 aromatic rings. The molecule has 0 aromatic heterocycles. The fourth-order valence-electron chi connectivity index (χ4n) is 2.25. The van der Waals surface area contributed by atoms with Crippen molar-refractivity contribution in [3.63, 3.8) is 0 Å². The summed E-state index contributed by atoms with van der Waals surface area (Å²) in [6.45, 7) is -0.520. The number of hydrogen-bond acceptors (Lipinski definition) is 6. The average Bonchev–Trinajstić information content (AvgIpc) is 2.64. The normalized spacial score (nSPS) is 11.3. The molecule has 29 heavy (non-hydrogen) atoms. The van der Waals surface area contributed by atoms with Crippen LogP contribution in [-0.2, 0) is 19.6 Å². The van der Waals surface area contributed by atoms with E-state index in [1.165, 1.54) is 31.5 Å². The van der Waals surface area contributed by atoms with Crippen LogP contribution < -0.4 is 9.73 Å². The molecule has 0 radical (unpaired) electrons. The number of esters is 1. The third-order valence-corrected chi connectivity index (χ3v) is 5.13. The van der Waals surface area contributed by atoms with Crippen molar-refractivity contribution in [1.82, 2.24) is 5.43 Å². The Morgan fingerprint density at radius 2 is 1.72 bits per heavy atom. The van der Waals surface area contributed by atoms with Gasteiger partial charge in [-0.25, -0.2) is 18.6 Å². The number of anilines is 1. The Labute approximate surface area is 178 Å². The quantitative estimate of drug-likeness (QED) is 0.390. The molecular weight excluding hydrogens is 441 g/mol. The minimum absolute atomic E-state index is 0.155. The molecule has 0 fully saturated rings. The summed E-state index contributed by atoms with van der Waals surface area (Å²) in [5.41, 5.74) is 3.39. The van der Waals surface area contributed by atoms with Gasteiger partial charge in [0, 0.05) is 10.0 Å². The van der Waals surface area contributed by atoms with E-state index >= 15 is 0 Å². The highest BCUT2D eigenvalue weighted by molar-refractivity contribution is 7.92. The van der Waals surface area contributed by atoms with Crippen LogP contribution >= 0.6 is 23.2 Å². The van der Waals surface area contributed by atoms with E-state index in [0.29, 0.717) is 11.1 Å². The molecule has 0 saturated heterocycles. The van der Waals surface area contributed by atoms with Gasteiger partial charge in [-0.2, -0.15) is 5.10 Å². The maximum Gasteiger partial charge on any atom is 0.337 e. The number of ether oxygens (including phenoxy) is 1. The van der Waals surface area contributed by atoms with E-state index in [2.05, 4.69) is 15.3 Å². The molecule has 2 aromatic carbocycles. The maximum atomic E-state index is 12.2. The zero-order valence-electron chi connectivity index (χ0n) is 15.4. The molecule has 0 spiro atoms. The first-order valence-corrected chi connectivity index (χ1v) is 10.6. The zero-order chi connectivity index (χ0) is 21.6. The van der Waals surface area contributed by atoms with Gasteiger partial charge >= 0.3 is 5.97 Å². The summed E-state index contributed by atoms with van der Waals surface area (Å²) < 4.78 is 29.6. The van der Waals surface area contributed by atoms with Crippen LogP contribution in [0, 0.1) is 0 Å². The molecule has 0 aliphatic carbocycles. The fraction of sp³-hybridized carbons (Fsp3) is 0.167. The largest absolute Gasteiger partial charge is 0.465 e. The van der Waals surface area contributed by atoms with Gasteiger partial charge < -0.3 is 4.74 Å². The van der Waals surface area contributed by atoms with E-state index in [0.717, 1.165) is 10.6 Å². The van der Waals surface area contributed by atoms with E-state index in [4.69, 9.17) is 23.2 Å². The number of nitrogens with zero attached hydrogens (tertiary/aromatic N) is 2. The Hall–Kier alpha value is -2.62. The van der Waals surface area contributed by atoms with E-state index in [9.17, 15) is 18.0 Å². The number of nitrogens with one attached hydrogen (secondary N) is 1. The fourth-order valence-corrected chi connectivity index (χ4v) is 3.61. The Balaban J connectivity index is 2.07. The molecule has 0 atom stereocenters. The minimum atomic E-state index is -3.78. The predicted molar refractivity (Wildman–Crippen MR) is 112 cm³/mol. The van der Waals surface area contributed by atoms with Gasteiger partial charge in [-0.1, -0.05) is 35.3 Å². The second-order valence-corrected chi connectivity index (χ2v) is 8.58. The Kier molecular flexibility index (Phi) is 7.60. The number of amides is 1. The number of carbonyl (C=O) groups is 2. The molecule has 0 aliphatic heterocycles. The Morgan fingerprint density at radius 1 is 1.14 bits per heavy atom. The van der Waals surface area contributed by atoms with Crippen molar-refractivity contribution in [3.05, 3.63) is 63.6 Å². The molecule has 0 unspecified atom stereocenters. The topological polar surface area (TPSA) is 105 Å². The highest BCUT2D eigenvalue weighted by Gasteiger charge is 2.21. The molecule has 2 rings (SSSR count). The molecule has 11 heteroatoms. The number of carbonyl (C=O) groups excluding carboxylic acids is 2. The molecule has 0 saturated carbocycles. The SMILES string of the molecule is COC(=O)c1ccc(/C=N\NC(=O)CN(c2cc(Cl)cc(Cl)c2)S(C)(=O)=O)cc1. The summed E-state index contributed by atoms with van der Waals surface area (Å²) in [6.07, 6.45) is 2.31. The van der Waals surface area contributed by atoms with Crippen LogP contribution in [0.1, 0.15) is 15.9 Å². The number of halogens is 2. The molecule has 154 valence electrons. The second kappa shape index (κ2) is 9.73. The van der Waals surface area contributed by atoms with Crippen molar-refractivity contribution in [2.75, 3.05) is 24.2 Å². The van der Waals surface area contributed by atoms with Gasteiger partial charge in [-0.05, 0) is 35.9 Å². The second-order valence-electron chi connectivity index (χ2n) is 5.80. The van der Waals surface area contributed by atoms with Crippen molar-refractivity contribution in [2.45, 2.75) is 0 Å². The van der Waals surface area contributed by atoms with Crippen molar-refractivity contribution in [1.29, 1.82) is 0 Å². The molecule has 1 amide bonds. The van der Waals surface area contributed by atoms with E-state index in [-0.39, 0.29) is 15.7 Å². The van der Waals surface area contributed by atoms with Gasteiger partial charge in [0.25, 0.3) is 5.91 Å². The lowest BCUT2D eigenvalue weighted by molar-refractivity contribution is -0.119. The maximum absolute atomic E-state index is 12.2. The Bertz CT molecular complexity index is 1020. The molecule has 0 heterocycles. The molecular formula is C18H17Cl2N3O5S. The molecule has 0 aliphatic rings. The van der Waals surface area contributed by atoms with Crippen LogP contribution in [0.3, 0.4) is 0 Å². The zero-order valence-corrected chi connectivity index (χ0v) is 17.8. The van der Waals surface area contributed by atoms with Crippen LogP contribution in [0.25, 0.3) is 0 Å². The number of hydrogen-bond donors (Lipinski definition) is 1. The van der Waals surface area contributed by atoms with E-state index in [1.54, 1.807) is 24.3 Å². The van der Waals surface area contributed by atoms with Gasteiger partial charge in [0.15, 0.2) is 0 Å². The van der Waals surface area contributed by atoms with Gasteiger partial charge in [0.2, 0.25) is 10.0 Å². The Morgan fingerprint density at radius 3 is 2.24 bits per heavy atom. The van der Waals surface area contributed by atoms with Gasteiger partial charge in [0.1, 0.15) is 6.54 Å². The minimum Gasteiger partial charge on any atom is -0.465 e. The summed E-state index contributed by atoms with van der Waals surface area (Å²) in [6, 6.07) is 10.5. The first kappa shape index (κ1) is 22.7.